The molecule has 0 radical (unpaired) electrons. The van der Waals surface area contributed by atoms with Gasteiger partial charge in [0.2, 0.25) is 5.88 Å². The zero-order valence-corrected chi connectivity index (χ0v) is 11.9. The lowest BCUT2D eigenvalue weighted by atomic mass is 10.1. The summed E-state index contributed by atoms with van der Waals surface area (Å²) in [5.41, 5.74) is 0.962. The molecular weight excluding hydrogens is 240 g/mol. The van der Waals surface area contributed by atoms with Gasteiger partial charge >= 0.3 is 0 Å². The lowest BCUT2D eigenvalue weighted by Gasteiger charge is -2.28. The number of nitrogens with one attached hydrogen (secondary N) is 1. The lowest BCUT2D eigenvalue weighted by molar-refractivity contribution is 0.109. The third kappa shape index (κ3) is 4.76. The molecule has 1 aromatic heterocycles. The van der Waals surface area contributed by atoms with E-state index in [2.05, 4.69) is 34.2 Å². The summed E-state index contributed by atoms with van der Waals surface area (Å²) in [6, 6.07) is 0. The molecule has 1 saturated heterocycles. The predicted molar refractivity (Wildman–Crippen MR) is 75.2 cm³/mol. The van der Waals surface area contributed by atoms with Crippen LogP contribution in [-0.2, 0) is 6.54 Å². The summed E-state index contributed by atoms with van der Waals surface area (Å²) >= 11 is 0. The number of likely N-dealkylation sites (tertiary alicyclic amines) is 1. The molecule has 19 heavy (non-hydrogen) atoms. The van der Waals surface area contributed by atoms with Crippen LogP contribution in [0.3, 0.4) is 0 Å². The Kier molecular flexibility index (Phi) is 5.54. The van der Waals surface area contributed by atoms with Gasteiger partial charge in [-0.05, 0) is 32.9 Å². The molecule has 0 aliphatic carbocycles. The molecule has 1 N–H and O–H groups in total. The normalized spacial score (nSPS) is 17.6. The average molecular weight is 264 g/mol. The van der Waals surface area contributed by atoms with E-state index in [-0.39, 0.29) is 6.10 Å². The van der Waals surface area contributed by atoms with Crippen molar-refractivity contribution < 1.29 is 4.74 Å². The van der Waals surface area contributed by atoms with Crippen LogP contribution >= 0.6 is 0 Å². The van der Waals surface area contributed by atoms with Crippen molar-refractivity contribution in [1.29, 1.82) is 0 Å². The van der Waals surface area contributed by atoms with Crippen LogP contribution in [0.25, 0.3) is 0 Å². The Balaban J connectivity index is 1.78. The van der Waals surface area contributed by atoms with Gasteiger partial charge in [0.1, 0.15) is 6.10 Å². The Morgan fingerprint density at radius 3 is 2.74 bits per heavy atom. The second-order valence-corrected chi connectivity index (χ2v) is 5.14. The molecule has 1 aliphatic rings. The first-order valence-electron chi connectivity index (χ1n) is 7.14. The van der Waals surface area contributed by atoms with Gasteiger partial charge in [-0.2, -0.15) is 0 Å². The first-order chi connectivity index (χ1) is 9.28. The number of piperidine rings is 1. The summed E-state index contributed by atoms with van der Waals surface area (Å²) in [6.07, 6.45) is 7.09. The largest absolute Gasteiger partial charge is 0.473 e. The van der Waals surface area contributed by atoms with Crippen molar-refractivity contribution in [3.05, 3.63) is 18.1 Å². The molecule has 1 fully saturated rings. The van der Waals surface area contributed by atoms with Crippen LogP contribution in [0.15, 0.2) is 12.4 Å². The van der Waals surface area contributed by atoms with E-state index in [1.165, 1.54) is 0 Å². The van der Waals surface area contributed by atoms with Crippen molar-refractivity contribution in [2.45, 2.75) is 38.8 Å². The maximum Gasteiger partial charge on any atom is 0.232 e. The summed E-state index contributed by atoms with van der Waals surface area (Å²) in [5.74, 6) is 0.647. The van der Waals surface area contributed by atoms with Crippen molar-refractivity contribution in [2.75, 3.05) is 26.7 Å². The van der Waals surface area contributed by atoms with E-state index < -0.39 is 0 Å². The van der Waals surface area contributed by atoms with Gasteiger partial charge in [0.15, 0.2) is 0 Å². The average Bonchev–Trinajstić information content (AvgIpc) is 2.44. The maximum absolute atomic E-state index is 5.86. The molecule has 5 nitrogen and oxygen atoms in total. The number of hydrogen-bond acceptors (Lipinski definition) is 5. The Morgan fingerprint density at radius 2 is 2.11 bits per heavy atom. The number of nitrogens with zero attached hydrogens (tertiary/aromatic N) is 3. The molecule has 0 saturated carbocycles. The third-order valence-electron chi connectivity index (χ3n) is 3.37. The second-order valence-electron chi connectivity index (χ2n) is 5.14. The van der Waals surface area contributed by atoms with E-state index in [9.17, 15) is 0 Å². The van der Waals surface area contributed by atoms with Crippen LogP contribution in [0.5, 0.6) is 5.88 Å². The number of hydrogen-bond donors (Lipinski definition) is 1. The zero-order valence-electron chi connectivity index (χ0n) is 11.9. The minimum Gasteiger partial charge on any atom is -0.473 e. The molecule has 0 unspecified atom stereocenters. The molecular formula is C14H24N4O. The highest BCUT2D eigenvalue weighted by Crippen LogP contribution is 2.15. The summed E-state index contributed by atoms with van der Waals surface area (Å²) in [6.45, 7) is 6.12. The minimum atomic E-state index is 0.287. The molecule has 0 atom stereocenters. The summed E-state index contributed by atoms with van der Waals surface area (Å²) < 4.78 is 5.86. The molecule has 106 valence electrons. The molecule has 0 amide bonds. The summed E-state index contributed by atoms with van der Waals surface area (Å²) in [7, 11) is 2.15. The van der Waals surface area contributed by atoms with Crippen molar-refractivity contribution >= 4 is 0 Å². The Labute approximate surface area is 115 Å². The smallest absolute Gasteiger partial charge is 0.232 e. The van der Waals surface area contributed by atoms with E-state index in [0.29, 0.717) is 5.88 Å². The fraction of sp³-hybridized carbons (Fsp3) is 0.714. The second kappa shape index (κ2) is 7.40. The highest BCUT2D eigenvalue weighted by atomic mass is 16.5. The monoisotopic (exact) mass is 264 g/mol. The molecule has 1 aliphatic heterocycles. The third-order valence-corrected chi connectivity index (χ3v) is 3.37. The number of rotatable bonds is 6. The number of aromatic nitrogens is 2. The van der Waals surface area contributed by atoms with Crippen LogP contribution in [0.4, 0.5) is 0 Å². The molecule has 5 heteroatoms. The molecule has 0 aromatic carbocycles. The standard InChI is InChI=1S/C14H24N4O/c1-3-6-15-9-12-10-17-14(11-16-12)19-13-4-7-18(2)8-5-13/h10-11,13,15H,3-9H2,1-2H3. The van der Waals surface area contributed by atoms with Gasteiger partial charge < -0.3 is 15.0 Å². The predicted octanol–water partition coefficient (Wildman–Crippen LogP) is 1.45. The molecule has 0 bridgehead atoms. The summed E-state index contributed by atoms with van der Waals surface area (Å²) in [5, 5.41) is 3.31. The van der Waals surface area contributed by atoms with Crippen molar-refractivity contribution in [2.24, 2.45) is 0 Å². The SMILES string of the molecule is CCCNCc1cnc(OC2CCN(C)CC2)cn1. The lowest BCUT2D eigenvalue weighted by Crippen LogP contribution is -2.35. The van der Waals surface area contributed by atoms with Gasteiger partial charge in [-0.15, -0.1) is 0 Å². The van der Waals surface area contributed by atoms with Crippen molar-refractivity contribution in [3.8, 4) is 5.88 Å². The highest BCUT2D eigenvalue weighted by Gasteiger charge is 2.18. The van der Waals surface area contributed by atoms with Gasteiger partial charge in [0, 0.05) is 19.6 Å². The number of ether oxygens (including phenoxy) is 1. The quantitative estimate of drug-likeness (QED) is 0.788. The fourth-order valence-corrected chi connectivity index (χ4v) is 2.16. The van der Waals surface area contributed by atoms with Gasteiger partial charge in [-0.25, -0.2) is 4.98 Å². The Bertz CT molecular complexity index is 360. The van der Waals surface area contributed by atoms with Gasteiger partial charge in [-0.1, -0.05) is 6.92 Å². The zero-order chi connectivity index (χ0) is 13.5. The van der Waals surface area contributed by atoms with E-state index in [1.54, 1.807) is 12.4 Å². The molecule has 1 aromatic rings. The van der Waals surface area contributed by atoms with Crippen molar-refractivity contribution in [1.82, 2.24) is 20.2 Å². The van der Waals surface area contributed by atoms with E-state index in [1.807, 2.05) is 0 Å². The molecule has 2 rings (SSSR count). The minimum absolute atomic E-state index is 0.287. The molecule has 2 heterocycles. The van der Waals surface area contributed by atoms with Crippen LogP contribution in [0.2, 0.25) is 0 Å². The van der Waals surface area contributed by atoms with Crippen LogP contribution in [0, 0.1) is 0 Å². The first kappa shape index (κ1) is 14.2. The van der Waals surface area contributed by atoms with Crippen LogP contribution in [0.1, 0.15) is 31.9 Å². The van der Waals surface area contributed by atoms with Crippen LogP contribution < -0.4 is 10.1 Å². The first-order valence-corrected chi connectivity index (χ1v) is 7.14. The van der Waals surface area contributed by atoms with Gasteiger partial charge in [0.05, 0.1) is 18.1 Å². The van der Waals surface area contributed by atoms with Gasteiger partial charge in [-0.3, -0.25) is 4.98 Å². The topological polar surface area (TPSA) is 50.3 Å². The van der Waals surface area contributed by atoms with Crippen LogP contribution in [-0.4, -0.2) is 47.7 Å². The summed E-state index contributed by atoms with van der Waals surface area (Å²) in [4.78, 5) is 11.0. The highest BCUT2D eigenvalue weighted by molar-refractivity contribution is 5.07. The van der Waals surface area contributed by atoms with E-state index in [0.717, 1.165) is 51.1 Å². The van der Waals surface area contributed by atoms with Crippen molar-refractivity contribution in [3.63, 3.8) is 0 Å². The van der Waals surface area contributed by atoms with E-state index in [4.69, 9.17) is 4.74 Å². The van der Waals surface area contributed by atoms with E-state index >= 15 is 0 Å². The maximum atomic E-state index is 5.86. The Hall–Kier alpha value is -1.20. The fourth-order valence-electron chi connectivity index (χ4n) is 2.16. The Morgan fingerprint density at radius 1 is 1.32 bits per heavy atom. The molecule has 0 spiro atoms. The van der Waals surface area contributed by atoms with Gasteiger partial charge in [0.25, 0.3) is 0 Å².